The Balaban J connectivity index is 1.62. The van der Waals surface area contributed by atoms with Gasteiger partial charge in [-0.3, -0.25) is 9.98 Å². The minimum Gasteiger partial charge on any atom is -0.495 e. The first-order chi connectivity index (χ1) is 14.1. The zero-order chi connectivity index (χ0) is 20.6. The van der Waals surface area contributed by atoms with Crippen molar-refractivity contribution in [2.45, 2.75) is 25.5 Å². The second-order valence-electron chi connectivity index (χ2n) is 6.91. The van der Waals surface area contributed by atoms with E-state index in [-0.39, 0.29) is 12.6 Å². The van der Waals surface area contributed by atoms with Gasteiger partial charge in [0.05, 0.1) is 25.4 Å². The van der Waals surface area contributed by atoms with Crippen LogP contribution in [0.2, 0.25) is 5.02 Å². The second kappa shape index (κ2) is 10.3. The number of nitrogens with one attached hydrogen (secondary N) is 2. The topological polar surface area (TPSA) is 82.0 Å². The third-order valence-corrected chi connectivity index (χ3v) is 5.10. The maximum absolute atomic E-state index is 10.3. The molecule has 1 aromatic carbocycles. The number of pyridine rings is 1. The van der Waals surface area contributed by atoms with E-state index >= 15 is 0 Å². The lowest BCUT2D eigenvalue weighted by atomic mass is 10.1. The third-order valence-electron chi connectivity index (χ3n) is 4.87. The quantitative estimate of drug-likeness (QED) is 0.474. The molecule has 1 fully saturated rings. The summed E-state index contributed by atoms with van der Waals surface area (Å²) < 4.78 is 5.49. The van der Waals surface area contributed by atoms with Gasteiger partial charge in [-0.1, -0.05) is 11.6 Å². The summed E-state index contributed by atoms with van der Waals surface area (Å²) in [6.45, 7) is 4.75. The van der Waals surface area contributed by atoms with Gasteiger partial charge in [0.2, 0.25) is 0 Å². The number of benzene rings is 1. The number of aliphatic imine (C=N–C) groups is 1. The fourth-order valence-corrected chi connectivity index (χ4v) is 3.56. The van der Waals surface area contributed by atoms with Crippen LogP contribution < -0.4 is 20.3 Å². The van der Waals surface area contributed by atoms with Crippen LogP contribution in [0.1, 0.15) is 25.0 Å². The van der Waals surface area contributed by atoms with E-state index in [4.69, 9.17) is 16.3 Å². The number of hydrogen-bond donors (Lipinski definition) is 3. The van der Waals surface area contributed by atoms with E-state index in [1.54, 1.807) is 31.6 Å². The molecule has 1 aliphatic rings. The highest BCUT2D eigenvalue weighted by Gasteiger charge is 2.25. The van der Waals surface area contributed by atoms with Crippen molar-refractivity contribution < 1.29 is 9.84 Å². The van der Waals surface area contributed by atoms with Gasteiger partial charge < -0.3 is 25.4 Å². The summed E-state index contributed by atoms with van der Waals surface area (Å²) in [5.41, 5.74) is 1.80. The minimum absolute atomic E-state index is 0.231. The number of aliphatic hydroxyl groups excluding tert-OH is 1. The van der Waals surface area contributed by atoms with Crippen LogP contribution >= 0.6 is 11.6 Å². The summed E-state index contributed by atoms with van der Waals surface area (Å²) in [4.78, 5) is 10.8. The number of hydrogen-bond acceptors (Lipinski definition) is 5. The molecule has 2 unspecified atom stereocenters. The number of nitrogens with zero attached hydrogens (tertiary/aromatic N) is 3. The maximum atomic E-state index is 10.3. The molecule has 0 saturated carbocycles. The number of aromatic nitrogens is 1. The van der Waals surface area contributed by atoms with Crippen LogP contribution in [0.25, 0.3) is 0 Å². The molecule has 0 radical (unpaired) electrons. The van der Waals surface area contributed by atoms with E-state index < -0.39 is 6.10 Å². The van der Waals surface area contributed by atoms with Crippen LogP contribution in [-0.2, 0) is 0 Å². The molecule has 1 aliphatic heterocycles. The summed E-state index contributed by atoms with van der Waals surface area (Å²) in [7, 11) is 1.67. The molecule has 0 aliphatic carbocycles. The Morgan fingerprint density at radius 3 is 2.90 bits per heavy atom. The fourth-order valence-electron chi connectivity index (χ4n) is 3.39. The first-order valence-corrected chi connectivity index (χ1v) is 10.2. The summed E-state index contributed by atoms with van der Waals surface area (Å²) in [5, 5.41) is 17.8. The fraction of sp³-hybridized carbons (Fsp3) is 0.429. The molecule has 2 heterocycles. The Morgan fingerprint density at radius 1 is 1.38 bits per heavy atom. The number of guanidine groups is 1. The lowest BCUT2D eigenvalue weighted by Gasteiger charge is -2.22. The van der Waals surface area contributed by atoms with Crippen molar-refractivity contribution in [2.75, 3.05) is 38.2 Å². The summed E-state index contributed by atoms with van der Waals surface area (Å²) >= 11 is 6.18. The van der Waals surface area contributed by atoms with E-state index in [0.29, 0.717) is 11.0 Å². The molecule has 1 saturated heterocycles. The van der Waals surface area contributed by atoms with Gasteiger partial charge in [-0.25, -0.2) is 0 Å². The van der Waals surface area contributed by atoms with Crippen molar-refractivity contribution in [3.63, 3.8) is 0 Å². The van der Waals surface area contributed by atoms with Crippen LogP contribution in [0.4, 0.5) is 5.69 Å². The van der Waals surface area contributed by atoms with Gasteiger partial charge in [0.1, 0.15) is 5.75 Å². The zero-order valence-corrected chi connectivity index (χ0v) is 17.6. The van der Waals surface area contributed by atoms with Crippen molar-refractivity contribution in [1.29, 1.82) is 0 Å². The molecule has 29 heavy (non-hydrogen) atoms. The van der Waals surface area contributed by atoms with Crippen molar-refractivity contribution in [3.8, 4) is 5.75 Å². The number of anilines is 1. The van der Waals surface area contributed by atoms with Gasteiger partial charge in [0, 0.05) is 43.1 Å². The minimum atomic E-state index is -0.663. The Labute approximate surface area is 176 Å². The van der Waals surface area contributed by atoms with Gasteiger partial charge in [0.15, 0.2) is 5.96 Å². The number of halogens is 1. The number of rotatable bonds is 7. The Bertz CT molecular complexity index is 818. The van der Waals surface area contributed by atoms with Crippen LogP contribution in [0.3, 0.4) is 0 Å². The van der Waals surface area contributed by atoms with Gasteiger partial charge in [-0.15, -0.1) is 0 Å². The standard InChI is InChI=1S/C21H28ClN5O2/c1-3-24-21(25-13-19(28)15-6-9-23-10-7-15)26-17-8-11-27(14-17)18-12-16(22)4-5-20(18)29-2/h4-7,9-10,12,17,19,28H,3,8,11,13-14H2,1-2H3,(H2,24,25,26). The van der Waals surface area contributed by atoms with Crippen LogP contribution in [0, 0.1) is 0 Å². The summed E-state index contributed by atoms with van der Waals surface area (Å²) in [5.74, 6) is 1.52. The predicted molar refractivity (Wildman–Crippen MR) is 117 cm³/mol. The summed E-state index contributed by atoms with van der Waals surface area (Å²) in [6.07, 6.45) is 3.64. The molecule has 0 amide bonds. The molecule has 1 aromatic heterocycles. The highest BCUT2D eigenvalue weighted by molar-refractivity contribution is 6.30. The molecule has 3 rings (SSSR count). The molecule has 8 heteroatoms. The predicted octanol–water partition coefficient (Wildman–Crippen LogP) is 2.61. The van der Waals surface area contributed by atoms with Crippen molar-refractivity contribution in [1.82, 2.24) is 15.6 Å². The van der Waals surface area contributed by atoms with E-state index in [1.807, 2.05) is 25.1 Å². The van der Waals surface area contributed by atoms with Gasteiger partial charge >= 0.3 is 0 Å². The SMILES string of the molecule is CCNC(=NCC(O)c1ccncc1)NC1CCN(c2cc(Cl)ccc2OC)C1. The highest BCUT2D eigenvalue weighted by atomic mass is 35.5. The van der Waals surface area contributed by atoms with Crippen molar-refractivity contribution in [2.24, 2.45) is 4.99 Å². The van der Waals surface area contributed by atoms with Crippen molar-refractivity contribution in [3.05, 3.63) is 53.3 Å². The van der Waals surface area contributed by atoms with Crippen LogP contribution in [-0.4, -0.2) is 55.4 Å². The van der Waals surface area contributed by atoms with E-state index in [1.165, 1.54) is 0 Å². The second-order valence-corrected chi connectivity index (χ2v) is 7.34. The monoisotopic (exact) mass is 417 g/mol. The third kappa shape index (κ3) is 5.74. The van der Waals surface area contributed by atoms with Crippen molar-refractivity contribution >= 4 is 23.2 Å². The average Bonchev–Trinajstić information content (AvgIpc) is 3.21. The molecule has 0 bridgehead atoms. The lowest BCUT2D eigenvalue weighted by molar-refractivity contribution is 0.187. The number of aliphatic hydroxyl groups is 1. The summed E-state index contributed by atoms with van der Waals surface area (Å²) in [6, 6.07) is 9.49. The Morgan fingerprint density at radius 2 is 2.17 bits per heavy atom. The largest absolute Gasteiger partial charge is 0.495 e. The van der Waals surface area contributed by atoms with E-state index in [2.05, 4.69) is 25.5 Å². The normalized spacial score (nSPS) is 17.9. The van der Waals surface area contributed by atoms with Gasteiger partial charge in [0.25, 0.3) is 0 Å². The molecule has 3 N–H and O–H groups in total. The first kappa shape index (κ1) is 21.2. The molecule has 2 atom stereocenters. The van der Waals surface area contributed by atoms with Crippen LogP contribution in [0.5, 0.6) is 5.75 Å². The van der Waals surface area contributed by atoms with Gasteiger partial charge in [-0.2, -0.15) is 0 Å². The molecular weight excluding hydrogens is 390 g/mol. The van der Waals surface area contributed by atoms with E-state index in [0.717, 1.165) is 43.1 Å². The molecule has 0 spiro atoms. The first-order valence-electron chi connectivity index (χ1n) is 9.82. The number of ether oxygens (including phenoxy) is 1. The molecular formula is C21H28ClN5O2. The lowest BCUT2D eigenvalue weighted by Crippen LogP contribution is -2.44. The van der Waals surface area contributed by atoms with E-state index in [9.17, 15) is 5.11 Å². The maximum Gasteiger partial charge on any atom is 0.191 e. The smallest absolute Gasteiger partial charge is 0.191 e. The Hall–Kier alpha value is -2.51. The Kier molecular flexibility index (Phi) is 7.55. The number of methoxy groups -OCH3 is 1. The average molecular weight is 418 g/mol. The molecule has 2 aromatic rings. The van der Waals surface area contributed by atoms with Crippen LogP contribution in [0.15, 0.2) is 47.7 Å². The highest BCUT2D eigenvalue weighted by Crippen LogP contribution is 2.33. The zero-order valence-electron chi connectivity index (χ0n) is 16.8. The van der Waals surface area contributed by atoms with Gasteiger partial charge in [-0.05, 0) is 49.2 Å². The molecule has 7 nitrogen and oxygen atoms in total. The molecule has 156 valence electrons.